The van der Waals surface area contributed by atoms with Gasteiger partial charge < -0.3 is 0 Å². The summed E-state index contributed by atoms with van der Waals surface area (Å²) in [5.41, 5.74) is 3.16. The van der Waals surface area contributed by atoms with E-state index in [-0.39, 0.29) is 5.56 Å². The van der Waals surface area contributed by atoms with Crippen molar-refractivity contribution >= 4 is 44.0 Å². The number of nitrogens with zero attached hydrogens (tertiary/aromatic N) is 1. The number of halogens is 4. The number of benzene rings is 2. The fourth-order valence-corrected chi connectivity index (χ4v) is 7.24. The third-order valence-electron chi connectivity index (χ3n) is 7.26. The lowest BCUT2D eigenvalue weighted by Gasteiger charge is -2.16. The van der Waals surface area contributed by atoms with Crippen LogP contribution in [0.4, 0.5) is 13.2 Å². The molecule has 2 saturated carbocycles. The van der Waals surface area contributed by atoms with Crippen LogP contribution in [0.2, 0.25) is 5.02 Å². The lowest BCUT2D eigenvalue weighted by molar-refractivity contribution is -0.146. The van der Waals surface area contributed by atoms with E-state index in [1.165, 1.54) is 32.0 Å². The maximum atomic E-state index is 13.1. The van der Waals surface area contributed by atoms with Crippen LogP contribution in [0.25, 0.3) is 21.3 Å². The SMILES string of the molecule is C[C@H](c1ccnc(-c2cccc3cc(Cc4ccccc4Cl)sc23)c1)C(F)(F)F.NS(=O)[C@H]1CC12CC2. The van der Waals surface area contributed by atoms with Gasteiger partial charge in [-0.25, -0.2) is 4.21 Å². The van der Waals surface area contributed by atoms with Crippen LogP contribution >= 0.6 is 22.9 Å². The Balaban J connectivity index is 0.000000295. The Kier molecular flexibility index (Phi) is 7.22. The van der Waals surface area contributed by atoms with Crippen molar-refractivity contribution in [1.29, 1.82) is 0 Å². The number of hydrogen-bond acceptors (Lipinski definition) is 3. The van der Waals surface area contributed by atoms with Gasteiger partial charge in [0, 0.05) is 32.8 Å². The number of nitrogens with two attached hydrogens (primary N) is 1. The van der Waals surface area contributed by atoms with Crippen molar-refractivity contribution in [3.8, 4) is 11.3 Å². The molecule has 6 rings (SSSR count). The van der Waals surface area contributed by atoms with Gasteiger partial charge in [0.25, 0.3) is 0 Å². The maximum absolute atomic E-state index is 13.1. The van der Waals surface area contributed by atoms with Gasteiger partial charge in [-0.2, -0.15) is 13.2 Å². The molecule has 1 spiro atoms. The smallest absolute Gasteiger partial charge is 0.256 e. The molecule has 2 fully saturated rings. The zero-order chi connectivity index (χ0) is 26.4. The summed E-state index contributed by atoms with van der Waals surface area (Å²) >= 11 is 7.91. The highest BCUT2D eigenvalue weighted by Gasteiger charge is 2.65. The number of thiophene rings is 1. The second-order valence-electron chi connectivity index (χ2n) is 9.83. The highest BCUT2D eigenvalue weighted by atomic mass is 35.5. The van der Waals surface area contributed by atoms with Crippen molar-refractivity contribution in [2.45, 2.75) is 50.0 Å². The van der Waals surface area contributed by atoms with Crippen molar-refractivity contribution < 1.29 is 17.4 Å². The lowest BCUT2D eigenvalue weighted by Crippen LogP contribution is -2.17. The van der Waals surface area contributed by atoms with Crippen molar-refractivity contribution in [2.75, 3.05) is 0 Å². The zero-order valence-electron chi connectivity index (χ0n) is 20.1. The molecule has 0 aliphatic heterocycles. The third-order valence-corrected chi connectivity index (χ3v) is 10.0. The van der Waals surface area contributed by atoms with Gasteiger partial charge in [0.2, 0.25) is 0 Å². The average Bonchev–Trinajstić information content (AvgIpc) is 3.76. The van der Waals surface area contributed by atoms with Gasteiger partial charge in [0.05, 0.1) is 27.8 Å². The summed E-state index contributed by atoms with van der Waals surface area (Å²) < 4.78 is 51.0. The van der Waals surface area contributed by atoms with Crippen LogP contribution in [0, 0.1) is 5.41 Å². The Labute approximate surface area is 225 Å². The molecule has 194 valence electrons. The first-order valence-corrected chi connectivity index (χ1v) is 14.5. The molecule has 2 N–H and O–H groups in total. The predicted octanol–water partition coefficient (Wildman–Crippen LogP) is 8.03. The van der Waals surface area contributed by atoms with Crippen molar-refractivity contribution in [3.05, 3.63) is 87.9 Å². The Bertz CT molecular complexity index is 1470. The third kappa shape index (κ3) is 5.77. The second-order valence-corrected chi connectivity index (χ2v) is 12.6. The molecule has 1 unspecified atom stereocenters. The van der Waals surface area contributed by atoms with Gasteiger partial charge >= 0.3 is 6.18 Å². The Morgan fingerprint density at radius 3 is 2.54 bits per heavy atom. The quantitative estimate of drug-likeness (QED) is 0.268. The van der Waals surface area contributed by atoms with E-state index in [0.717, 1.165) is 37.5 Å². The summed E-state index contributed by atoms with van der Waals surface area (Å²) in [5.74, 6) is -1.54. The van der Waals surface area contributed by atoms with Crippen LogP contribution in [0.5, 0.6) is 0 Å². The number of alkyl halides is 3. The molecule has 0 radical (unpaired) electrons. The molecule has 4 aromatic rings. The summed E-state index contributed by atoms with van der Waals surface area (Å²) in [4.78, 5) is 5.49. The van der Waals surface area contributed by atoms with Gasteiger partial charge in [0.15, 0.2) is 0 Å². The van der Waals surface area contributed by atoms with Gasteiger partial charge in [0.1, 0.15) is 0 Å². The van der Waals surface area contributed by atoms with E-state index in [1.807, 2.05) is 42.5 Å². The van der Waals surface area contributed by atoms with Crippen LogP contribution in [-0.4, -0.2) is 20.6 Å². The highest BCUT2D eigenvalue weighted by Crippen LogP contribution is 2.67. The molecule has 37 heavy (non-hydrogen) atoms. The number of pyridine rings is 1. The molecule has 3 nitrogen and oxygen atoms in total. The van der Waals surface area contributed by atoms with Gasteiger partial charge in [-0.3, -0.25) is 10.1 Å². The second kappa shape index (κ2) is 10.1. The number of hydrogen-bond donors (Lipinski definition) is 1. The summed E-state index contributed by atoms with van der Waals surface area (Å²) in [6.07, 6.45) is 1.56. The molecule has 3 atom stereocenters. The van der Waals surface area contributed by atoms with E-state index in [4.69, 9.17) is 16.7 Å². The zero-order valence-corrected chi connectivity index (χ0v) is 22.5. The summed E-state index contributed by atoms with van der Waals surface area (Å²) in [6, 6.07) is 18.6. The van der Waals surface area contributed by atoms with Crippen molar-refractivity contribution in [2.24, 2.45) is 10.6 Å². The van der Waals surface area contributed by atoms with Crippen LogP contribution in [-0.2, 0) is 17.4 Å². The number of rotatable bonds is 5. The normalized spacial score (nSPS) is 19.2. The minimum atomic E-state index is -4.28. The number of fused-ring (bicyclic) bond motifs is 1. The summed E-state index contributed by atoms with van der Waals surface area (Å²) in [7, 11) is -1.01. The van der Waals surface area contributed by atoms with Crippen LogP contribution < -0.4 is 5.14 Å². The highest BCUT2D eigenvalue weighted by molar-refractivity contribution is 7.83. The summed E-state index contributed by atoms with van der Waals surface area (Å²) in [6.45, 7) is 1.17. The maximum Gasteiger partial charge on any atom is 0.395 e. The molecule has 2 aliphatic carbocycles. The first-order valence-electron chi connectivity index (χ1n) is 12.0. The molecular weight excluding hydrogens is 537 g/mol. The Morgan fingerprint density at radius 1 is 1.16 bits per heavy atom. The van der Waals surface area contributed by atoms with E-state index in [0.29, 0.717) is 22.8 Å². The Hall–Kier alpha value is -2.26. The topological polar surface area (TPSA) is 56.0 Å². The van der Waals surface area contributed by atoms with Crippen molar-refractivity contribution in [3.63, 3.8) is 0 Å². The largest absolute Gasteiger partial charge is 0.395 e. The van der Waals surface area contributed by atoms with E-state index < -0.39 is 23.1 Å². The lowest BCUT2D eigenvalue weighted by atomic mass is 9.99. The molecule has 2 aromatic carbocycles. The van der Waals surface area contributed by atoms with Gasteiger partial charge in [-0.15, -0.1) is 11.3 Å². The monoisotopic (exact) mass is 562 g/mol. The minimum absolute atomic E-state index is 0.215. The number of aromatic nitrogens is 1. The van der Waals surface area contributed by atoms with Gasteiger partial charge in [-0.05, 0) is 72.4 Å². The van der Waals surface area contributed by atoms with Crippen molar-refractivity contribution in [1.82, 2.24) is 4.98 Å². The molecular formula is C28H26ClF3N2OS2. The first-order chi connectivity index (χ1) is 17.6. The molecule has 2 heterocycles. The van der Waals surface area contributed by atoms with E-state index in [1.54, 1.807) is 17.4 Å². The molecule has 0 saturated heterocycles. The molecule has 0 amide bonds. The predicted molar refractivity (Wildman–Crippen MR) is 146 cm³/mol. The van der Waals surface area contributed by atoms with E-state index in [9.17, 15) is 17.4 Å². The fraction of sp³-hybridized carbons (Fsp3) is 0.321. The standard InChI is InChI=1S/C23H17ClF3NS.C5H9NOS/c1-14(23(25,26)27)15-9-10-28-21(13-15)19-7-4-6-17-12-18(29-22(17)19)11-16-5-2-3-8-20(16)24;6-8(7)4-3-5(4)1-2-5/h2-10,12-14H,11H2,1H3;4H,1-3,6H2/t14-;4-,8?/m10/s1. The molecule has 9 heteroatoms. The van der Waals surface area contributed by atoms with E-state index >= 15 is 0 Å². The van der Waals surface area contributed by atoms with Crippen LogP contribution in [0.15, 0.2) is 66.9 Å². The van der Waals surface area contributed by atoms with Gasteiger partial charge in [-0.1, -0.05) is 48.0 Å². The minimum Gasteiger partial charge on any atom is -0.256 e. The van der Waals surface area contributed by atoms with E-state index in [2.05, 4.69) is 11.1 Å². The first kappa shape index (κ1) is 26.4. The fourth-order valence-electron chi connectivity index (χ4n) is 4.61. The van der Waals surface area contributed by atoms with Crippen LogP contribution in [0.1, 0.15) is 48.1 Å². The molecule has 2 aliphatic rings. The molecule has 2 aromatic heterocycles. The van der Waals surface area contributed by atoms with Crippen LogP contribution in [0.3, 0.4) is 0 Å². The average molecular weight is 563 g/mol. The Morgan fingerprint density at radius 2 is 1.92 bits per heavy atom. The summed E-state index contributed by atoms with van der Waals surface area (Å²) in [5, 5.41) is 7.33. The molecule has 0 bridgehead atoms.